The van der Waals surface area contributed by atoms with Gasteiger partial charge in [0, 0.05) is 11.6 Å². The lowest BCUT2D eigenvalue weighted by atomic mass is 10.2. The van der Waals surface area contributed by atoms with Crippen LogP contribution in [0.1, 0.15) is 24.4 Å². The van der Waals surface area contributed by atoms with Gasteiger partial charge in [0.05, 0.1) is 17.9 Å². The quantitative estimate of drug-likeness (QED) is 0.824. The second-order valence-corrected chi connectivity index (χ2v) is 4.81. The van der Waals surface area contributed by atoms with Crippen LogP contribution in [0, 0.1) is 11.8 Å². The Hall–Kier alpha value is -1.43. The Labute approximate surface area is 96.5 Å². The molecule has 16 heavy (non-hydrogen) atoms. The molecule has 2 N–H and O–H groups in total. The number of carbonyl (C=O) groups excluding carboxylic acids is 1. The summed E-state index contributed by atoms with van der Waals surface area (Å²) in [7, 11) is 0. The standard InChI is InChI=1S/C10H12N2O3S/c1-5(9-11-2-3-16-9)12-8(13)6-4-7(6)10(14)15/h2-3,5-7H,4H2,1H3,(H,12,13)(H,14,15). The second-order valence-electron chi connectivity index (χ2n) is 3.89. The highest BCUT2D eigenvalue weighted by Gasteiger charge is 2.48. The highest BCUT2D eigenvalue weighted by Crippen LogP contribution is 2.39. The number of aliphatic carboxylic acids is 1. The Balaban J connectivity index is 1.87. The number of aromatic nitrogens is 1. The number of nitrogens with zero attached hydrogens (tertiary/aromatic N) is 1. The van der Waals surface area contributed by atoms with Crippen molar-refractivity contribution in [2.24, 2.45) is 11.8 Å². The molecule has 86 valence electrons. The van der Waals surface area contributed by atoms with Crippen molar-refractivity contribution < 1.29 is 14.7 Å². The zero-order chi connectivity index (χ0) is 11.7. The van der Waals surface area contributed by atoms with Crippen LogP contribution in [0.25, 0.3) is 0 Å². The summed E-state index contributed by atoms with van der Waals surface area (Å²) >= 11 is 1.47. The van der Waals surface area contributed by atoms with Crippen molar-refractivity contribution in [1.29, 1.82) is 0 Å². The van der Waals surface area contributed by atoms with Crippen molar-refractivity contribution in [3.05, 3.63) is 16.6 Å². The first-order valence-electron chi connectivity index (χ1n) is 5.02. The minimum Gasteiger partial charge on any atom is -0.481 e. The number of rotatable bonds is 4. The third-order valence-corrected chi connectivity index (χ3v) is 3.58. The SMILES string of the molecule is CC(NC(=O)C1CC1C(=O)O)c1nccs1. The Morgan fingerprint density at radius 3 is 2.88 bits per heavy atom. The van der Waals surface area contributed by atoms with Crippen LogP contribution in [0.5, 0.6) is 0 Å². The largest absolute Gasteiger partial charge is 0.481 e. The molecular formula is C10H12N2O3S. The van der Waals surface area contributed by atoms with Gasteiger partial charge in [-0.15, -0.1) is 11.3 Å². The van der Waals surface area contributed by atoms with Gasteiger partial charge in [-0.2, -0.15) is 0 Å². The van der Waals surface area contributed by atoms with E-state index in [1.54, 1.807) is 6.20 Å². The Morgan fingerprint density at radius 2 is 2.38 bits per heavy atom. The Morgan fingerprint density at radius 1 is 1.62 bits per heavy atom. The zero-order valence-corrected chi connectivity index (χ0v) is 9.53. The maximum absolute atomic E-state index is 11.6. The molecule has 6 heteroatoms. The topological polar surface area (TPSA) is 79.3 Å². The van der Waals surface area contributed by atoms with E-state index in [-0.39, 0.29) is 17.9 Å². The lowest BCUT2D eigenvalue weighted by Crippen LogP contribution is -2.29. The minimum absolute atomic E-state index is 0.150. The number of hydrogen-bond donors (Lipinski definition) is 2. The fraction of sp³-hybridized carbons (Fsp3) is 0.500. The number of nitrogens with one attached hydrogen (secondary N) is 1. The van der Waals surface area contributed by atoms with Crippen molar-refractivity contribution >= 4 is 23.2 Å². The van der Waals surface area contributed by atoms with Crippen LogP contribution in [-0.4, -0.2) is 22.0 Å². The van der Waals surface area contributed by atoms with Crippen molar-refractivity contribution in [1.82, 2.24) is 10.3 Å². The van der Waals surface area contributed by atoms with E-state index in [1.165, 1.54) is 11.3 Å². The predicted molar refractivity (Wildman–Crippen MR) is 57.9 cm³/mol. The van der Waals surface area contributed by atoms with E-state index >= 15 is 0 Å². The van der Waals surface area contributed by atoms with Crippen molar-refractivity contribution in [2.45, 2.75) is 19.4 Å². The van der Waals surface area contributed by atoms with Crippen LogP contribution >= 0.6 is 11.3 Å². The number of hydrogen-bond acceptors (Lipinski definition) is 4. The van der Waals surface area contributed by atoms with Crippen molar-refractivity contribution in [3.63, 3.8) is 0 Å². The average molecular weight is 240 g/mol. The van der Waals surface area contributed by atoms with E-state index < -0.39 is 11.9 Å². The van der Waals surface area contributed by atoms with E-state index in [0.717, 1.165) is 5.01 Å². The highest BCUT2D eigenvalue weighted by atomic mass is 32.1. The van der Waals surface area contributed by atoms with Gasteiger partial charge in [-0.3, -0.25) is 9.59 Å². The van der Waals surface area contributed by atoms with Crippen LogP contribution in [0.4, 0.5) is 0 Å². The molecule has 0 aromatic carbocycles. The fourth-order valence-corrected chi connectivity index (χ4v) is 2.23. The first-order chi connectivity index (χ1) is 7.59. The van der Waals surface area contributed by atoms with Gasteiger partial charge in [-0.25, -0.2) is 4.98 Å². The first kappa shape index (κ1) is 11.1. The van der Waals surface area contributed by atoms with Gasteiger partial charge in [0.25, 0.3) is 0 Å². The maximum atomic E-state index is 11.6. The Kier molecular flexibility index (Phi) is 2.91. The molecule has 1 fully saturated rings. The molecule has 0 radical (unpaired) electrons. The molecule has 3 unspecified atom stereocenters. The fourth-order valence-electron chi connectivity index (χ4n) is 1.59. The van der Waals surface area contributed by atoms with Gasteiger partial charge >= 0.3 is 5.97 Å². The van der Waals surface area contributed by atoms with Gasteiger partial charge < -0.3 is 10.4 Å². The van der Waals surface area contributed by atoms with Crippen LogP contribution in [0.3, 0.4) is 0 Å². The molecule has 1 aliphatic rings. The molecule has 2 rings (SSSR count). The minimum atomic E-state index is -0.887. The summed E-state index contributed by atoms with van der Waals surface area (Å²) in [6.07, 6.45) is 2.13. The van der Waals surface area contributed by atoms with Gasteiger partial charge in [0.1, 0.15) is 5.01 Å². The van der Waals surface area contributed by atoms with Crippen molar-refractivity contribution in [3.8, 4) is 0 Å². The van der Waals surface area contributed by atoms with Crippen LogP contribution in [-0.2, 0) is 9.59 Å². The molecule has 0 saturated heterocycles. The third kappa shape index (κ3) is 2.21. The smallest absolute Gasteiger partial charge is 0.307 e. The summed E-state index contributed by atoms with van der Waals surface area (Å²) in [4.78, 5) is 26.3. The monoisotopic (exact) mass is 240 g/mol. The lowest BCUT2D eigenvalue weighted by Gasteiger charge is -2.10. The third-order valence-electron chi connectivity index (χ3n) is 2.63. The maximum Gasteiger partial charge on any atom is 0.307 e. The molecule has 1 aromatic heterocycles. The van der Waals surface area contributed by atoms with Crippen LogP contribution in [0.15, 0.2) is 11.6 Å². The summed E-state index contributed by atoms with van der Waals surface area (Å²) in [5, 5.41) is 14.2. The molecule has 0 aliphatic heterocycles. The van der Waals surface area contributed by atoms with E-state index in [0.29, 0.717) is 6.42 Å². The van der Waals surface area contributed by atoms with Crippen LogP contribution < -0.4 is 5.32 Å². The summed E-state index contributed by atoms with van der Waals surface area (Å²) in [6.45, 7) is 1.84. The molecule has 1 aromatic rings. The van der Waals surface area contributed by atoms with E-state index in [2.05, 4.69) is 10.3 Å². The summed E-state index contributed by atoms with van der Waals surface area (Å²) in [6, 6.07) is -0.150. The normalized spacial score (nSPS) is 24.8. The number of carboxylic acid groups (broad SMARTS) is 1. The van der Waals surface area contributed by atoms with Gasteiger partial charge in [0.2, 0.25) is 5.91 Å². The molecule has 1 heterocycles. The van der Waals surface area contributed by atoms with Gasteiger partial charge in [-0.05, 0) is 13.3 Å². The first-order valence-corrected chi connectivity index (χ1v) is 5.90. The molecule has 5 nitrogen and oxygen atoms in total. The van der Waals surface area contributed by atoms with Gasteiger partial charge in [-0.1, -0.05) is 0 Å². The lowest BCUT2D eigenvalue weighted by molar-refractivity contribution is -0.140. The van der Waals surface area contributed by atoms with Crippen molar-refractivity contribution in [2.75, 3.05) is 0 Å². The Bertz CT molecular complexity index is 404. The number of carboxylic acids is 1. The molecule has 0 bridgehead atoms. The zero-order valence-electron chi connectivity index (χ0n) is 8.71. The molecule has 1 aliphatic carbocycles. The number of amides is 1. The predicted octanol–water partition coefficient (Wildman–Crippen LogP) is 1.04. The molecular weight excluding hydrogens is 228 g/mol. The van der Waals surface area contributed by atoms with Crippen LogP contribution in [0.2, 0.25) is 0 Å². The van der Waals surface area contributed by atoms with E-state index in [9.17, 15) is 9.59 Å². The molecule has 0 spiro atoms. The average Bonchev–Trinajstić information content (AvgIpc) is 2.85. The summed E-state index contributed by atoms with van der Waals surface area (Å²) < 4.78 is 0. The molecule has 3 atom stereocenters. The highest BCUT2D eigenvalue weighted by molar-refractivity contribution is 7.09. The summed E-state index contributed by atoms with van der Waals surface area (Å²) in [5.74, 6) is -1.93. The summed E-state index contributed by atoms with van der Waals surface area (Å²) in [5.41, 5.74) is 0. The number of thiazole rings is 1. The van der Waals surface area contributed by atoms with Gasteiger partial charge in [0.15, 0.2) is 0 Å². The second kappa shape index (κ2) is 4.21. The van der Waals surface area contributed by atoms with E-state index in [4.69, 9.17) is 5.11 Å². The molecule has 1 saturated carbocycles. The molecule has 1 amide bonds. The number of carbonyl (C=O) groups is 2. The van der Waals surface area contributed by atoms with E-state index in [1.807, 2.05) is 12.3 Å².